The normalized spacial score (nSPS) is 13.5. The Hall–Kier alpha value is -4.97. The zero-order valence-electron chi connectivity index (χ0n) is 24.0. The quantitative estimate of drug-likeness (QED) is 0.126. The van der Waals surface area contributed by atoms with Gasteiger partial charge in [0.1, 0.15) is 0 Å². The Morgan fingerprint density at radius 2 is 1.00 bits per heavy atom. The average Bonchev–Trinajstić information content (AvgIpc) is 3.16. The van der Waals surface area contributed by atoms with Crippen molar-refractivity contribution in [3.63, 3.8) is 0 Å². The van der Waals surface area contributed by atoms with Crippen LogP contribution in [0, 0.1) is 5.41 Å². The number of benzene rings is 3. The maximum Gasteiger partial charge on any atom is 0.294 e. The molecule has 0 saturated heterocycles. The number of nitrogens with zero attached hydrogens (tertiary/aromatic N) is 4. The largest absolute Gasteiger partial charge is 0.324 e. The molecule has 17 heteroatoms. The van der Waals surface area contributed by atoms with E-state index < -0.39 is 26.1 Å². The summed E-state index contributed by atoms with van der Waals surface area (Å²) in [5.41, 5.74) is 1.32. The van der Waals surface area contributed by atoms with Crippen molar-refractivity contribution in [2.45, 2.75) is 30.6 Å². The number of imide groups is 1. The molecule has 1 aliphatic rings. The molecule has 3 aromatic carbocycles. The van der Waals surface area contributed by atoms with Gasteiger partial charge in [0.2, 0.25) is 17.8 Å². The van der Waals surface area contributed by atoms with E-state index in [9.17, 15) is 35.5 Å². The van der Waals surface area contributed by atoms with Crippen LogP contribution in [0.5, 0.6) is 0 Å². The Bertz CT molecular complexity index is 1930. The molecule has 45 heavy (non-hydrogen) atoms. The first-order chi connectivity index (χ1) is 21.0. The van der Waals surface area contributed by atoms with Gasteiger partial charge in [0.05, 0.1) is 20.9 Å². The first-order valence-corrected chi connectivity index (χ1v) is 16.1. The van der Waals surface area contributed by atoms with Crippen molar-refractivity contribution < 1.29 is 35.5 Å². The van der Waals surface area contributed by atoms with Crippen molar-refractivity contribution in [1.29, 1.82) is 0 Å². The molecule has 1 aliphatic heterocycles. The fraction of sp³-hybridized carbons (Fsp3) is 0.179. The monoisotopic (exact) mass is 653 g/mol. The topological polar surface area (TPSA) is 221 Å². The lowest BCUT2D eigenvalue weighted by atomic mass is 9.96. The molecule has 0 spiro atoms. The molecule has 0 fully saturated rings. The van der Waals surface area contributed by atoms with Crippen LogP contribution in [-0.4, -0.2) is 64.2 Å². The Morgan fingerprint density at radius 3 is 1.40 bits per heavy atom. The van der Waals surface area contributed by atoms with E-state index in [1.54, 1.807) is 6.07 Å². The molecule has 5 rings (SSSR count). The summed E-state index contributed by atoms with van der Waals surface area (Å²) in [6.45, 7) is 6.02. The van der Waals surface area contributed by atoms with Crippen LogP contribution in [0.4, 0.5) is 34.9 Å². The summed E-state index contributed by atoms with van der Waals surface area (Å²) in [5.74, 6) is -0.812. The molecule has 2 amide bonds. The first-order valence-electron chi connectivity index (χ1n) is 13.2. The molecule has 4 aromatic rings. The molecule has 0 radical (unpaired) electrons. The molecule has 0 unspecified atom stereocenters. The number of hydrogen-bond donors (Lipinski definition) is 5. The Kier molecular flexibility index (Phi) is 8.05. The molecular weight excluding hydrogens is 626 g/mol. The van der Waals surface area contributed by atoms with Crippen molar-refractivity contribution in [2.75, 3.05) is 22.5 Å². The summed E-state index contributed by atoms with van der Waals surface area (Å²) in [4.78, 5) is 39.6. The highest BCUT2D eigenvalue weighted by molar-refractivity contribution is 7.86. The molecule has 234 valence electrons. The highest BCUT2D eigenvalue weighted by atomic mass is 32.2. The highest BCUT2D eigenvalue weighted by Gasteiger charge is 2.37. The molecule has 0 aliphatic carbocycles. The van der Waals surface area contributed by atoms with Crippen LogP contribution in [0.15, 0.2) is 76.5 Å². The number of fused-ring (bicyclic) bond motifs is 1. The lowest BCUT2D eigenvalue weighted by Crippen LogP contribution is -2.37. The molecule has 0 saturated carbocycles. The third kappa shape index (κ3) is 7.40. The molecular formula is C28H27N7O8S2. The molecule has 0 bridgehead atoms. The fourth-order valence-corrected chi connectivity index (χ4v) is 5.30. The maximum atomic E-state index is 13.1. The number of hydrogen-bond acceptors (Lipinski definition) is 12. The Labute approximate surface area is 258 Å². The van der Waals surface area contributed by atoms with Crippen LogP contribution in [0.25, 0.3) is 0 Å². The van der Waals surface area contributed by atoms with Crippen LogP contribution >= 0.6 is 0 Å². The predicted octanol–water partition coefficient (Wildman–Crippen LogP) is 4.24. The number of carbonyl (C=O) groups excluding carboxylic acids is 2. The molecule has 1 aromatic heterocycles. The summed E-state index contributed by atoms with van der Waals surface area (Å²) in [6.07, 6.45) is 0. The van der Waals surface area contributed by atoms with Crippen molar-refractivity contribution in [3.05, 3.63) is 77.9 Å². The molecule has 2 heterocycles. The first kappa shape index (κ1) is 31.5. The van der Waals surface area contributed by atoms with E-state index in [1.807, 2.05) is 20.8 Å². The van der Waals surface area contributed by atoms with Gasteiger partial charge in [0, 0.05) is 23.6 Å². The standard InChI is InChI=1S/C28H27N7O8S2/c1-28(2,3)15-35-23(36)21-13-8-18(14-22(21)24(35)37)31-27-33-25(29-16-4-9-19(10-5-16)44(38,39)40)32-26(34-27)30-17-6-11-20(12-7-17)45(41,42)43/h4-14H,15H2,1-3H3,(H,38,39,40)(H,41,42,43)(H3,29,30,31,32,33,34). The summed E-state index contributed by atoms with van der Waals surface area (Å²) >= 11 is 0. The van der Waals surface area contributed by atoms with Gasteiger partial charge >= 0.3 is 0 Å². The Balaban J connectivity index is 1.46. The van der Waals surface area contributed by atoms with Gasteiger partial charge in [-0.25, -0.2) is 0 Å². The third-order valence-electron chi connectivity index (χ3n) is 6.31. The SMILES string of the molecule is CC(C)(C)CN1C(=O)c2ccc(Nc3nc(Nc4ccc(S(=O)(=O)O)cc4)nc(Nc4ccc(S(=O)(=O)O)cc4)n3)cc2C1=O. The number of carbonyl (C=O) groups is 2. The molecule has 0 atom stereocenters. The van der Waals surface area contributed by atoms with Gasteiger partial charge in [-0.2, -0.15) is 31.8 Å². The predicted molar refractivity (Wildman–Crippen MR) is 163 cm³/mol. The van der Waals surface area contributed by atoms with E-state index in [-0.39, 0.29) is 56.6 Å². The van der Waals surface area contributed by atoms with E-state index in [4.69, 9.17) is 0 Å². The van der Waals surface area contributed by atoms with Crippen LogP contribution in [0.2, 0.25) is 0 Å². The number of aromatic nitrogens is 3. The van der Waals surface area contributed by atoms with Gasteiger partial charge in [-0.05, 0) is 72.1 Å². The van der Waals surface area contributed by atoms with Gasteiger partial charge < -0.3 is 16.0 Å². The maximum absolute atomic E-state index is 13.1. The summed E-state index contributed by atoms with van der Waals surface area (Å²) in [5, 5.41) is 8.81. The number of nitrogens with one attached hydrogen (secondary N) is 3. The second-order valence-electron chi connectivity index (χ2n) is 11.2. The van der Waals surface area contributed by atoms with Crippen LogP contribution < -0.4 is 16.0 Å². The zero-order valence-corrected chi connectivity index (χ0v) is 25.6. The summed E-state index contributed by atoms with van der Waals surface area (Å²) in [6, 6.07) is 14.9. The van der Waals surface area contributed by atoms with Gasteiger partial charge in [-0.3, -0.25) is 23.6 Å². The van der Waals surface area contributed by atoms with E-state index in [0.29, 0.717) is 17.1 Å². The average molecular weight is 654 g/mol. The van der Waals surface area contributed by atoms with Crippen molar-refractivity contribution in [1.82, 2.24) is 19.9 Å². The van der Waals surface area contributed by atoms with E-state index in [2.05, 4.69) is 30.9 Å². The van der Waals surface area contributed by atoms with E-state index in [1.165, 1.54) is 65.6 Å². The second kappa shape index (κ2) is 11.5. The van der Waals surface area contributed by atoms with Crippen molar-refractivity contribution >= 4 is 67.0 Å². The minimum absolute atomic E-state index is 0.00221. The minimum atomic E-state index is -4.40. The Morgan fingerprint density at radius 1 is 0.622 bits per heavy atom. The fourth-order valence-electron chi connectivity index (χ4n) is 4.34. The van der Waals surface area contributed by atoms with E-state index in [0.717, 1.165) is 0 Å². The number of amides is 2. The summed E-state index contributed by atoms with van der Waals surface area (Å²) in [7, 11) is -8.80. The van der Waals surface area contributed by atoms with Crippen molar-refractivity contribution in [3.8, 4) is 0 Å². The number of anilines is 6. The second-order valence-corrected chi connectivity index (χ2v) is 14.0. The zero-order chi connectivity index (χ0) is 32.7. The molecule has 5 N–H and O–H groups in total. The highest BCUT2D eigenvalue weighted by Crippen LogP contribution is 2.30. The van der Waals surface area contributed by atoms with E-state index >= 15 is 0 Å². The third-order valence-corrected chi connectivity index (χ3v) is 8.05. The lowest BCUT2D eigenvalue weighted by Gasteiger charge is -2.24. The minimum Gasteiger partial charge on any atom is -0.324 e. The van der Waals surface area contributed by atoms with Gasteiger partial charge in [-0.15, -0.1) is 0 Å². The number of rotatable bonds is 9. The van der Waals surface area contributed by atoms with Gasteiger partial charge in [-0.1, -0.05) is 20.8 Å². The van der Waals surface area contributed by atoms with Crippen molar-refractivity contribution in [2.24, 2.45) is 5.41 Å². The van der Waals surface area contributed by atoms with Gasteiger partial charge in [0.25, 0.3) is 32.1 Å². The summed E-state index contributed by atoms with van der Waals surface area (Å²) < 4.78 is 64.1. The van der Waals surface area contributed by atoms with Gasteiger partial charge in [0.15, 0.2) is 0 Å². The molecule has 15 nitrogen and oxygen atoms in total. The van der Waals surface area contributed by atoms with Crippen LogP contribution in [-0.2, 0) is 20.2 Å². The smallest absolute Gasteiger partial charge is 0.294 e. The van der Waals surface area contributed by atoms with Crippen LogP contribution in [0.1, 0.15) is 41.5 Å². The van der Waals surface area contributed by atoms with Crippen LogP contribution in [0.3, 0.4) is 0 Å². The lowest BCUT2D eigenvalue weighted by molar-refractivity contribution is 0.0600.